The SMILES string of the molecule is C=C(C)CCCCCCCC1CC1CCCCCCCC.C=CC1(C)CCN(C)C1.C=CCCCCCCCC1CC1CCCCCCCC.CCC1CCCC1.COC. The van der Waals surface area contributed by atoms with Crippen molar-refractivity contribution in [3.63, 3.8) is 0 Å². The minimum Gasteiger partial charge on any atom is -0.388 e. The lowest BCUT2D eigenvalue weighted by molar-refractivity contribution is 0.277. The van der Waals surface area contributed by atoms with Gasteiger partial charge in [-0.1, -0.05) is 232 Å². The Kier molecular flexibility index (Phi) is 41.5. The van der Waals surface area contributed by atoms with Crippen LogP contribution < -0.4 is 0 Å². The molecule has 1 heterocycles. The van der Waals surface area contributed by atoms with Gasteiger partial charge in [0.1, 0.15) is 0 Å². The number of nitrogens with zero attached hydrogens (tertiary/aromatic N) is 1. The molecule has 2 heteroatoms. The molecule has 0 bridgehead atoms. The van der Waals surface area contributed by atoms with Crippen LogP contribution in [0.15, 0.2) is 37.5 Å². The van der Waals surface area contributed by atoms with E-state index < -0.39 is 0 Å². The zero-order valence-corrected chi connectivity index (χ0v) is 42.9. The predicted octanol–water partition coefficient (Wildman–Crippen LogP) is 19.3. The van der Waals surface area contributed by atoms with E-state index in [0.717, 1.165) is 29.6 Å². The zero-order valence-electron chi connectivity index (χ0n) is 42.9. The minimum atomic E-state index is 0.398. The first kappa shape index (κ1) is 59.1. The van der Waals surface area contributed by atoms with Crippen LogP contribution in [0.4, 0.5) is 0 Å². The Morgan fingerprint density at radius 3 is 1.30 bits per heavy atom. The summed E-state index contributed by atoms with van der Waals surface area (Å²) >= 11 is 0. The molecular formula is C58H113NO. The standard InChI is InChI=1S/C21H40.C20H38.C8H15N.C7H14.C2H6O/c1-4-5-6-7-10-13-16-20-18-21(20)17-14-11-8-9-12-15-19(2)3;1-3-5-7-9-11-13-15-17-20-18-19(20)16-14-12-10-8-6-4-2;1-4-8(2)5-6-9(3)7-8;1-2-7-5-3-4-6-7;1-3-2/h20-21H,2,4-18H2,1,3H3;3,19-20H,1,4-18H2,2H3;4H,1,5-7H2,2-3H3;7H,2-6H2,1H3;1-2H3. The first-order valence-corrected chi connectivity index (χ1v) is 27.1. The molecule has 2 nitrogen and oxygen atoms in total. The van der Waals surface area contributed by atoms with Gasteiger partial charge in [-0.2, -0.15) is 0 Å². The van der Waals surface area contributed by atoms with Crippen molar-refractivity contribution >= 4 is 0 Å². The van der Waals surface area contributed by atoms with Gasteiger partial charge in [0.05, 0.1) is 0 Å². The highest BCUT2D eigenvalue weighted by molar-refractivity contribution is 4.97. The van der Waals surface area contributed by atoms with Crippen LogP contribution in [0.2, 0.25) is 0 Å². The average Bonchev–Trinajstić information content (AvgIpc) is 4.06. The van der Waals surface area contributed by atoms with Gasteiger partial charge in [0.15, 0.2) is 0 Å². The van der Waals surface area contributed by atoms with Crippen LogP contribution in [0.1, 0.15) is 266 Å². The smallest absolute Gasteiger partial charge is 0.0351 e. The van der Waals surface area contributed by atoms with Crippen molar-refractivity contribution in [2.24, 2.45) is 35.0 Å². The van der Waals surface area contributed by atoms with E-state index >= 15 is 0 Å². The molecule has 0 spiro atoms. The van der Waals surface area contributed by atoms with Gasteiger partial charge < -0.3 is 9.64 Å². The Morgan fingerprint density at radius 2 is 1.00 bits per heavy atom. The van der Waals surface area contributed by atoms with Crippen molar-refractivity contribution in [2.75, 3.05) is 34.4 Å². The van der Waals surface area contributed by atoms with Crippen molar-refractivity contribution in [3.8, 4) is 0 Å². The van der Waals surface area contributed by atoms with E-state index in [-0.39, 0.29) is 0 Å². The van der Waals surface area contributed by atoms with E-state index in [1.165, 1.54) is 237 Å². The third-order valence-electron chi connectivity index (χ3n) is 14.4. The Balaban J connectivity index is 0.000000815. The molecule has 1 saturated heterocycles. The molecule has 0 aromatic heterocycles. The number of methoxy groups -OCH3 is 1. The molecule has 0 aromatic rings. The number of allylic oxidation sites excluding steroid dienone is 2. The van der Waals surface area contributed by atoms with Gasteiger partial charge >= 0.3 is 0 Å². The highest BCUT2D eigenvalue weighted by atomic mass is 16.4. The summed E-state index contributed by atoms with van der Waals surface area (Å²) in [6, 6.07) is 0. The molecule has 3 saturated carbocycles. The van der Waals surface area contributed by atoms with Gasteiger partial charge in [-0.05, 0) is 100 Å². The first-order valence-electron chi connectivity index (χ1n) is 27.1. The van der Waals surface area contributed by atoms with E-state index in [2.05, 4.69) is 83.2 Å². The molecule has 1 aliphatic heterocycles. The number of rotatable bonds is 32. The molecule has 4 aliphatic rings. The molecule has 60 heavy (non-hydrogen) atoms. The van der Waals surface area contributed by atoms with Crippen LogP contribution in [-0.4, -0.2) is 39.3 Å². The van der Waals surface area contributed by atoms with Crippen molar-refractivity contribution in [3.05, 3.63) is 37.5 Å². The summed E-state index contributed by atoms with van der Waals surface area (Å²) in [5.74, 6) is 5.59. The number of hydrogen-bond acceptors (Lipinski definition) is 2. The maximum atomic E-state index is 4.25. The lowest BCUT2D eigenvalue weighted by Crippen LogP contribution is -2.19. The maximum Gasteiger partial charge on any atom is 0.0351 e. The third kappa shape index (κ3) is 37.7. The number of unbranched alkanes of at least 4 members (excludes halogenated alkanes) is 19. The van der Waals surface area contributed by atoms with Gasteiger partial charge in [-0.25, -0.2) is 0 Å². The highest BCUT2D eigenvalue weighted by Crippen LogP contribution is 2.46. The molecule has 4 fully saturated rings. The molecule has 0 radical (unpaired) electrons. The zero-order chi connectivity index (χ0) is 44.5. The normalized spacial score (nSPS) is 22.9. The molecule has 3 aliphatic carbocycles. The van der Waals surface area contributed by atoms with Crippen molar-refractivity contribution in [2.45, 2.75) is 266 Å². The molecule has 0 amide bonds. The lowest BCUT2D eigenvalue weighted by Gasteiger charge is -2.17. The van der Waals surface area contributed by atoms with E-state index in [1.807, 2.05) is 0 Å². The Morgan fingerprint density at radius 1 is 0.617 bits per heavy atom. The average molecular weight is 841 g/mol. The molecule has 0 N–H and O–H groups in total. The van der Waals surface area contributed by atoms with Crippen LogP contribution in [0, 0.1) is 35.0 Å². The monoisotopic (exact) mass is 840 g/mol. The molecule has 4 rings (SSSR count). The summed E-state index contributed by atoms with van der Waals surface area (Å²) in [6.45, 7) is 25.3. The second-order valence-electron chi connectivity index (χ2n) is 20.8. The summed E-state index contributed by atoms with van der Waals surface area (Å²) in [6.07, 6.45) is 56.4. The quantitative estimate of drug-likeness (QED) is 0.0494. The molecular weight excluding hydrogens is 727 g/mol. The summed E-state index contributed by atoms with van der Waals surface area (Å²) in [5, 5.41) is 0. The number of hydrogen-bond donors (Lipinski definition) is 0. The number of likely N-dealkylation sites (tertiary alicyclic amines) is 1. The van der Waals surface area contributed by atoms with Crippen LogP contribution in [0.25, 0.3) is 0 Å². The molecule has 5 atom stereocenters. The first-order chi connectivity index (χ1) is 29.1. The topological polar surface area (TPSA) is 12.5 Å². The van der Waals surface area contributed by atoms with E-state index in [1.54, 1.807) is 27.1 Å². The predicted molar refractivity (Wildman–Crippen MR) is 274 cm³/mol. The van der Waals surface area contributed by atoms with Gasteiger partial charge in [0, 0.05) is 20.8 Å². The second kappa shape index (κ2) is 42.1. The van der Waals surface area contributed by atoms with E-state index in [0.29, 0.717) is 5.41 Å². The Hall–Kier alpha value is -0.860. The van der Waals surface area contributed by atoms with Crippen LogP contribution in [0.5, 0.6) is 0 Å². The molecule has 0 aromatic carbocycles. The van der Waals surface area contributed by atoms with Gasteiger partial charge in [-0.15, -0.1) is 19.7 Å². The van der Waals surface area contributed by atoms with Gasteiger partial charge in [0.25, 0.3) is 0 Å². The highest BCUT2D eigenvalue weighted by Gasteiger charge is 2.35. The van der Waals surface area contributed by atoms with Crippen molar-refractivity contribution in [1.82, 2.24) is 4.90 Å². The largest absolute Gasteiger partial charge is 0.388 e. The summed E-state index contributed by atoms with van der Waals surface area (Å²) in [7, 11) is 5.41. The third-order valence-corrected chi connectivity index (χ3v) is 14.4. The second-order valence-corrected chi connectivity index (χ2v) is 20.8. The fraction of sp³-hybridized carbons (Fsp3) is 0.897. The summed E-state index contributed by atoms with van der Waals surface area (Å²) < 4.78 is 4.25. The fourth-order valence-electron chi connectivity index (χ4n) is 9.80. The Bertz CT molecular complexity index is 935. The van der Waals surface area contributed by atoms with Crippen LogP contribution in [-0.2, 0) is 4.74 Å². The van der Waals surface area contributed by atoms with E-state index in [9.17, 15) is 0 Å². The summed E-state index contributed by atoms with van der Waals surface area (Å²) in [4.78, 5) is 2.35. The van der Waals surface area contributed by atoms with Gasteiger partial charge in [-0.3, -0.25) is 0 Å². The van der Waals surface area contributed by atoms with Crippen LogP contribution in [0.3, 0.4) is 0 Å². The van der Waals surface area contributed by atoms with Crippen molar-refractivity contribution < 1.29 is 4.74 Å². The number of ether oxygens (including phenoxy) is 1. The van der Waals surface area contributed by atoms with E-state index in [4.69, 9.17) is 0 Å². The molecule has 5 unspecified atom stereocenters. The fourth-order valence-corrected chi connectivity index (χ4v) is 9.80. The summed E-state index contributed by atoms with van der Waals surface area (Å²) in [5.41, 5.74) is 1.75. The van der Waals surface area contributed by atoms with Gasteiger partial charge in [0.2, 0.25) is 0 Å². The van der Waals surface area contributed by atoms with Crippen LogP contribution >= 0.6 is 0 Å². The Labute approximate surface area is 380 Å². The maximum absolute atomic E-state index is 4.25. The lowest BCUT2D eigenvalue weighted by atomic mass is 9.90. The van der Waals surface area contributed by atoms with Crippen molar-refractivity contribution in [1.29, 1.82) is 0 Å². The molecule has 356 valence electrons. The minimum absolute atomic E-state index is 0.398.